The first-order valence-corrected chi connectivity index (χ1v) is 10.3. The first-order valence-electron chi connectivity index (χ1n) is 8.86. The number of nitrogens with one attached hydrogen (secondary N) is 3. The van der Waals surface area contributed by atoms with Gasteiger partial charge in [-0.2, -0.15) is 0 Å². The predicted octanol–water partition coefficient (Wildman–Crippen LogP) is 1.47. The van der Waals surface area contributed by atoms with Crippen molar-refractivity contribution in [2.45, 2.75) is 24.7 Å². The van der Waals surface area contributed by atoms with Gasteiger partial charge in [-0.3, -0.25) is 10.2 Å². The molecular formula is C19H22N4O4S. The summed E-state index contributed by atoms with van der Waals surface area (Å²) in [6.07, 6.45) is 1.90. The van der Waals surface area contributed by atoms with Crippen molar-refractivity contribution in [1.82, 2.24) is 15.6 Å². The number of carbonyl (C=O) groups excluding carboxylic acids is 2. The van der Waals surface area contributed by atoms with Crippen LogP contribution in [0.25, 0.3) is 0 Å². The van der Waals surface area contributed by atoms with Gasteiger partial charge in [0.2, 0.25) is 0 Å². The molecule has 0 radical (unpaired) electrons. The molecule has 0 saturated heterocycles. The third-order valence-corrected chi connectivity index (χ3v) is 5.76. The van der Waals surface area contributed by atoms with Crippen LogP contribution in [0.4, 0.5) is 10.5 Å². The van der Waals surface area contributed by atoms with Gasteiger partial charge in [0.1, 0.15) is 0 Å². The van der Waals surface area contributed by atoms with Crippen LogP contribution in [-0.4, -0.2) is 33.4 Å². The molecule has 1 aliphatic heterocycles. The maximum absolute atomic E-state index is 12.2. The van der Waals surface area contributed by atoms with Gasteiger partial charge in [0.25, 0.3) is 15.9 Å². The van der Waals surface area contributed by atoms with Crippen molar-refractivity contribution in [3.63, 3.8) is 0 Å². The highest BCUT2D eigenvalue weighted by atomic mass is 32.2. The van der Waals surface area contributed by atoms with Gasteiger partial charge in [0.05, 0.1) is 11.4 Å². The number of aryl methyl sites for hydroxylation is 2. The number of para-hydroxylation sites is 1. The molecule has 3 rings (SSSR count). The number of rotatable bonds is 4. The van der Waals surface area contributed by atoms with E-state index in [9.17, 15) is 18.0 Å². The van der Waals surface area contributed by atoms with E-state index < -0.39 is 22.0 Å². The Hall–Kier alpha value is -3.07. The maximum Gasteiger partial charge on any atom is 0.347 e. The molecule has 0 fully saturated rings. The van der Waals surface area contributed by atoms with Crippen molar-refractivity contribution >= 4 is 27.6 Å². The normalized spacial score (nSPS) is 13.4. The topological polar surface area (TPSA) is 108 Å². The minimum absolute atomic E-state index is 0.0375. The van der Waals surface area contributed by atoms with Crippen molar-refractivity contribution in [2.24, 2.45) is 0 Å². The molecule has 0 aliphatic carbocycles. The summed E-state index contributed by atoms with van der Waals surface area (Å²) < 4.78 is 26.2. The van der Waals surface area contributed by atoms with Gasteiger partial charge >= 0.3 is 6.03 Å². The number of sulfonamides is 1. The van der Waals surface area contributed by atoms with Crippen LogP contribution in [-0.2, 0) is 21.2 Å². The van der Waals surface area contributed by atoms with E-state index >= 15 is 0 Å². The molecular weight excluding hydrogens is 380 g/mol. The molecule has 2 aromatic carbocycles. The highest BCUT2D eigenvalue weighted by Gasteiger charge is 2.20. The van der Waals surface area contributed by atoms with Crippen LogP contribution in [0.2, 0.25) is 0 Å². The van der Waals surface area contributed by atoms with Crippen molar-refractivity contribution in [3.8, 4) is 0 Å². The number of amides is 3. The molecule has 8 nitrogen and oxygen atoms in total. The highest BCUT2D eigenvalue weighted by molar-refractivity contribution is 7.90. The highest BCUT2D eigenvalue weighted by Crippen LogP contribution is 2.26. The Balaban J connectivity index is 1.52. The van der Waals surface area contributed by atoms with E-state index in [1.165, 1.54) is 17.7 Å². The average Bonchev–Trinajstić information content (AvgIpc) is 2.67. The van der Waals surface area contributed by atoms with Crippen molar-refractivity contribution < 1.29 is 18.0 Å². The third-order valence-electron chi connectivity index (χ3n) is 4.41. The van der Waals surface area contributed by atoms with Crippen molar-refractivity contribution in [3.05, 3.63) is 59.7 Å². The Morgan fingerprint density at radius 1 is 1.04 bits per heavy atom. The fourth-order valence-electron chi connectivity index (χ4n) is 3.04. The van der Waals surface area contributed by atoms with Crippen LogP contribution in [0, 0.1) is 6.92 Å². The summed E-state index contributed by atoms with van der Waals surface area (Å²) >= 11 is 0. The number of fused-ring (bicyclic) bond motifs is 1. The third kappa shape index (κ3) is 4.80. The minimum Gasteiger partial charge on any atom is -0.362 e. The monoisotopic (exact) mass is 402 g/mol. The summed E-state index contributed by atoms with van der Waals surface area (Å²) in [6.45, 7) is 2.62. The molecule has 3 N–H and O–H groups in total. The zero-order valence-corrected chi connectivity index (χ0v) is 16.3. The molecule has 1 heterocycles. The quantitative estimate of drug-likeness (QED) is 0.671. The molecule has 2 aromatic rings. The molecule has 0 atom stereocenters. The van der Waals surface area contributed by atoms with Gasteiger partial charge < -0.3 is 4.90 Å². The smallest absolute Gasteiger partial charge is 0.347 e. The average molecular weight is 402 g/mol. The van der Waals surface area contributed by atoms with E-state index in [0.29, 0.717) is 0 Å². The number of nitrogens with zero attached hydrogens (tertiary/aromatic N) is 1. The van der Waals surface area contributed by atoms with Crippen LogP contribution in [0.1, 0.15) is 17.5 Å². The molecule has 0 saturated carbocycles. The summed E-state index contributed by atoms with van der Waals surface area (Å²) in [7, 11) is -4.02. The van der Waals surface area contributed by atoms with Gasteiger partial charge in [-0.25, -0.2) is 23.4 Å². The Labute approximate surface area is 164 Å². The Morgan fingerprint density at radius 2 is 1.75 bits per heavy atom. The molecule has 9 heteroatoms. The second kappa shape index (κ2) is 8.30. The summed E-state index contributed by atoms with van der Waals surface area (Å²) in [5.41, 5.74) is 7.39. The van der Waals surface area contributed by atoms with E-state index in [-0.39, 0.29) is 11.4 Å². The molecule has 0 aromatic heterocycles. The number of anilines is 1. The first-order chi connectivity index (χ1) is 13.3. The van der Waals surface area contributed by atoms with Crippen molar-refractivity contribution in [1.29, 1.82) is 0 Å². The molecule has 0 unspecified atom stereocenters. The van der Waals surface area contributed by atoms with Crippen LogP contribution < -0.4 is 20.5 Å². The minimum atomic E-state index is -4.02. The molecule has 1 aliphatic rings. The lowest BCUT2D eigenvalue weighted by Gasteiger charge is -2.30. The molecule has 0 bridgehead atoms. The maximum atomic E-state index is 12.2. The van der Waals surface area contributed by atoms with E-state index in [2.05, 4.69) is 10.9 Å². The van der Waals surface area contributed by atoms with Gasteiger partial charge in [0.15, 0.2) is 0 Å². The first kappa shape index (κ1) is 19.7. The van der Waals surface area contributed by atoms with E-state index in [4.69, 9.17) is 0 Å². The number of hydrogen-bond donors (Lipinski definition) is 3. The lowest BCUT2D eigenvalue weighted by molar-refractivity contribution is -0.120. The van der Waals surface area contributed by atoms with Gasteiger partial charge in [-0.05, 0) is 43.5 Å². The number of benzene rings is 2. The van der Waals surface area contributed by atoms with Gasteiger partial charge in [0, 0.05) is 12.2 Å². The second-order valence-corrected chi connectivity index (χ2v) is 8.26. The predicted molar refractivity (Wildman–Crippen MR) is 105 cm³/mol. The Bertz CT molecular complexity index is 974. The number of carbonyl (C=O) groups is 2. The van der Waals surface area contributed by atoms with Crippen LogP contribution in [0.15, 0.2) is 53.4 Å². The Morgan fingerprint density at radius 3 is 2.50 bits per heavy atom. The number of hydrazine groups is 1. The SMILES string of the molecule is Cc1ccc(S(=O)(=O)NC(=O)NNC(=O)CN2CCCc3ccccc32)cc1. The van der Waals surface area contributed by atoms with Gasteiger partial charge in [-0.15, -0.1) is 0 Å². The molecule has 3 amide bonds. The molecule has 0 spiro atoms. The van der Waals surface area contributed by atoms with E-state index in [0.717, 1.165) is 30.6 Å². The summed E-state index contributed by atoms with van der Waals surface area (Å²) in [5, 5.41) is 0. The van der Waals surface area contributed by atoms with Crippen LogP contribution in [0.3, 0.4) is 0 Å². The lowest BCUT2D eigenvalue weighted by atomic mass is 10.0. The summed E-state index contributed by atoms with van der Waals surface area (Å²) in [5.74, 6) is -0.445. The Kier molecular flexibility index (Phi) is 5.84. The fourth-order valence-corrected chi connectivity index (χ4v) is 3.95. The number of hydrogen-bond acceptors (Lipinski definition) is 5. The van der Waals surface area contributed by atoms with E-state index in [1.54, 1.807) is 12.1 Å². The lowest BCUT2D eigenvalue weighted by Crippen LogP contribution is -2.51. The second-order valence-electron chi connectivity index (χ2n) is 6.57. The van der Waals surface area contributed by atoms with Gasteiger partial charge in [-0.1, -0.05) is 35.9 Å². The molecule has 28 heavy (non-hydrogen) atoms. The fraction of sp³-hybridized carbons (Fsp3) is 0.263. The number of urea groups is 1. The van der Waals surface area contributed by atoms with E-state index in [1.807, 2.05) is 40.8 Å². The standard InChI is InChI=1S/C19H22N4O4S/c1-14-8-10-16(11-9-14)28(26,27)22-19(25)21-20-18(24)13-23-12-4-6-15-5-2-3-7-17(15)23/h2-3,5,7-11H,4,6,12-13H2,1H3,(H,20,24)(H2,21,22,25). The van der Waals surface area contributed by atoms with Crippen LogP contribution in [0.5, 0.6) is 0 Å². The van der Waals surface area contributed by atoms with Crippen molar-refractivity contribution in [2.75, 3.05) is 18.0 Å². The van der Waals surface area contributed by atoms with Crippen LogP contribution >= 0.6 is 0 Å². The zero-order valence-electron chi connectivity index (χ0n) is 15.4. The summed E-state index contributed by atoms with van der Waals surface area (Å²) in [4.78, 5) is 25.9. The molecule has 148 valence electrons. The summed E-state index contributed by atoms with van der Waals surface area (Å²) in [6, 6.07) is 12.9. The zero-order chi connectivity index (χ0) is 20.1. The largest absolute Gasteiger partial charge is 0.362 e.